The van der Waals surface area contributed by atoms with Crippen molar-refractivity contribution >= 4 is 45.3 Å². The highest BCUT2D eigenvalue weighted by molar-refractivity contribution is 14.1. The molecule has 0 radical (unpaired) electrons. The number of benzene rings is 2. The quantitative estimate of drug-likeness (QED) is 0.500. The molecule has 3 aromatic rings. The second-order valence-electron chi connectivity index (χ2n) is 5.54. The van der Waals surface area contributed by atoms with Crippen molar-refractivity contribution in [2.75, 3.05) is 0 Å². The first-order valence-electron chi connectivity index (χ1n) is 7.27. The minimum Gasteiger partial charge on any atom is -0.506 e. The summed E-state index contributed by atoms with van der Waals surface area (Å²) in [5.74, 6) is -0.782. The van der Waals surface area contributed by atoms with Crippen LogP contribution >= 0.6 is 22.6 Å². The number of aromatic hydroxyl groups is 1. The summed E-state index contributed by atoms with van der Waals surface area (Å²) >= 11 is 2.20. The number of halogens is 1. The molecule has 0 saturated carbocycles. The first-order valence-corrected chi connectivity index (χ1v) is 8.35. The van der Waals surface area contributed by atoms with E-state index in [1.807, 2.05) is 24.3 Å². The van der Waals surface area contributed by atoms with Crippen LogP contribution in [0.4, 0.5) is 0 Å². The van der Waals surface area contributed by atoms with Crippen molar-refractivity contribution in [1.82, 2.24) is 9.88 Å². The van der Waals surface area contributed by atoms with Gasteiger partial charge in [-0.1, -0.05) is 12.1 Å². The van der Waals surface area contributed by atoms with E-state index in [1.54, 1.807) is 12.1 Å². The molecule has 1 aromatic heterocycles. The van der Waals surface area contributed by atoms with Gasteiger partial charge in [-0.2, -0.15) is 0 Å². The number of imide groups is 1. The van der Waals surface area contributed by atoms with Gasteiger partial charge in [0.1, 0.15) is 11.3 Å². The Balaban J connectivity index is 1.83. The molecule has 5 nitrogen and oxygen atoms in total. The van der Waals surface area contributed by atoms with E-state index in [0.29, 0.717) is 16.5 Å². The van der Waals surface area contributed by atoms with Gasteiger partial charge in [0, 0.05) is 15.2 Å². The van der Waals surface area contributed by atoms with Gasteiger partial charge in [0.05, 0.1) is 17.7 Å². The van der Waals surface area contributed by atoms with Gasteiger partial charge in [0.2, 0.25) is 0 Å². The number of rotatable bonds is 2. The molecule has 0 aliphatic carbocycles. The molecule has 2 aromatic carbocycles. The lowest BCUT2D eigenvalue weighted by atomic mass is 9.96. The zero-order valence-corrected chi connectivity index (χ0v) is 14.5. The molecule has 1 aliphatic heterocycles. The van der Waals surface area contributed by atoms with Gasteiger partial charge in [-0.25, -0.2) is 0 Å². The van der Waals surface area contributed by atoms with E-state index in [2.05, 4.69) is 27.6 Å². The fourth-order valence-corrected chi connectivity index (χ4v) is 3.27. The standard InChI is InChI=1S/C18H11IN2O3/c19-11-3-1-10(2-4-11)9-21-17(23)12-5-6-14(22)16-15(12)13(18(21)24)7-8-20-16/h1-8,22H,9H2. The van der Waals surface area contributed by atoms with Gasteiger partial charge in [-0.05, 0) is 58.5 Å². The number of phenols is 1. The molecule has 0 atom stereocenters. The molecule has 24 heavy (non-hydrogen) atoms. The molecule has 0 bridgehead atoms. The first kappa shape index (κ1) is 15.1. The molecular weight excluding hydrogens is 419 g/mol. The fraction of sp³-hybridized carbons (Fsp3) is 0.0556. The van der Waals surface area contributed by atoms with Crippen LogP contribution in [0.2, 0.25) is 0 Å². The molecule has 0 unspecified atom stereocenters. The fourth-order valence-electron chi connectivity index (χ4n) is 2.91. The predicted molar refractivity (Wildman–Crippen MR) is 96.8 cm³/mol. The van der Waals surface area contributed by atoms with Crippen LogP contribution in [0.25, 0.3) is 10.9 Å². The first-order chi connectivity index (χ1) is 11.6. The number of amides is 2. The largest absolute Gasteiger partial charge is 0.506 e. The molecule has 4 rings (SSSR count). The van der Waals surface area contributed by atoms with E-state index in [1.165, 1.54) is 17.2 Å². The molecule has 0 fully saturated rings. The van der Waals surface area contributed by atoms with E-state index >= 15 is 0 Å². The molecule has 1 N–H and O–H groups in total. The van der Waals surface area contributed by atoms with Crippen LogP contribution < -0.4 is 0 Å². The lowest BCUT2D eigenvalue weighted by Crippen LogP contribution is -2.39. The SMILES string of the molecule is O=C1c2ccnc3c(O)ccc(c23)C(=O)N1Cc1ccc(I)cc1. The van der Waals surface area contributed by atoms with Crippen LogP contribution in [-0.4, -0.2) is 26.8 Å². The lowest BCUT2D eigenvalue weighted by Gasteiger charge is -2.27. The Morgan fingerprint density at radius 3 is 2.33 bits per heavy atom. The highest BCUT2D eigenvalue weighted by Crippen LogP contribution is 2.33. The van der Waals surface area contributed by atoms with Gasteiger partial charge in [0.15, 0.2) is 0 Å². The van der Waals surface area contributed by atoms with Crippen molar-refractivity contribution in [3.05, 3.63) is 68.9 Å². The van der Waals surface area contributed by atoms with Crippen LogP contribution in [0.1, 0.15) is 26.3 Å². The molecular formula is C18H11IN2O3. The van der Waals surface area contributed by atoms with Gasteiger partial charge in [-0.15, -0.1) is 0 Å². The zero-order chi connectivity index (χ0) is 16.8. The summed E-state index contributed by atoms with van der Waals surface area (Å²) in [7, 11) is 0. The third-order valence-corrected chi connectivity index (χ3v) is 4.80. The van der Waals surface area contributed by atoms with Crippen molar-refractivity contribution in [2.45, 2.75) is 6.54 Å². The monoisotopic (exact) mass is 430 g/mol. The smallest absolute Gasteiger partial charge is 0.261 e. The van der Waals surface area contributed by atoms with Crippen LogP contribution in [-0.2, 0) is 6.54 Å². The van der Waals surface area contributed by atoms with Crippen molar-refractivity contribution in [3.63, 3.8) is 0 Å². The Morgan fingerprint density at radius 1 is 0.958 bits per heavy atom. The van der Waals surface area contributed by atoms with E-state index < -0.39 is 0 Å². The minimum absolute atomic E-state index is 0.0396. The normalized spacial score (nSPS) is 13.6. The van der Waals surface area contributed by atoms with E-state index in [0.717, 1.165) is 9.13 Å². The zero-order valence-electron chi connectivity index (χ0n) is 12.4. The summed E-state index contributed by atoms with van der Waals surface area (Å²) in [6, 6.07) is 12.2. The van der Waals surface area contributed by atoms with Crippen LogP contribution in [0.5, 0.6) is 5.75 Å². The van der Waals surface area contributed by atoms with Crippen LogP contribution in [0, 0.1) is 3.57 Å². The van der Waals surface area contributed by atoms with Crippen molar-refractivity contribution in [2.24, 2.45) is 0 Å². The summed E-state index contributed by atoms with van der Waals surface area (Å²) in [4.78, 5) is 30.9. The molecule has 1 aliphatic rings. The second-order valence-corrected chi connectivity index (χ2v) is 6.78. The third kappa shape index (κ3) is 2.25. The van der Waals surface area contributed by atoms with Crippen LogP contribution in [0.15, 0.2) is 48.7 Å². The topological polar surface area (TPSA) is 70.5 Å². The Hall–Kier alpha value is -2.48. The minimum atomic E-state index is -0.371. The number of phenolic OH excluding ortho intramolecular Hbond substituents is 1. The number of carbonyl (C=O) groups excluding carboxylic acids is 2. The van der Waals surface area contributed by atoms with Crippen molar-refractivity contribution in [3.8, 4) is 5.75 Å². The average Bonchev–Trinajstić information content (AvgIpc) is 2.59. The molecule has 2 heterocycles. The van der Waals surface area contributed by atoms with Crippen molar-refractivity contribution in [1.29, 1.82) is 0 Å². The third-order valence-electron chi connectivity index (χ3n) is 4.08. The van der Waals surface area contributed by atoms with E-state index in [-0.39, 0.29) is 29.6 Å². The Bertz CT molecular complexity index is 977. The number of pyridine rings is 1. The predicted octanol–water partition coefficient (Wildman–Crippen LogP) is 3.34. The average molecular weight is 430 g/mol. The number of aromatic nitrogens is 1. The maximum atomic E-state index is 12.8. The van der Waals surface area contributed by atoms with Crippen LogP contribution in [0.3, 0.4) is 0 Å². The van der Waals surface area contributed by atoms with E-state index in [9.17, 15) is 14.7 Å². The van der Waals surface area contributed by atoms with Gasteiger partial charge in [-0.3, -0.25) is 19.5 Å². The Morgan fingerprint density at radius 2 is 1.62 bits per heavy atom. The lowest BCUT2D eigenvalue weighted by molar-refractivity contribution is 0.0598. The molecule has 0 spiro atoms. The summed E-state index contributed by atoms with van der Waals surface area (Å²) in [5, 5.41) is 10.4. The molecule has 118 valence electrons. The maximum absolute atomic E-state index is 12.8. The number of nitrogens with zero attached hydrogens (tertiary/aromatic N) is 2. The Labute approximate surface area is 151 Å². The summed E-state index contributed by atoms with van der Waals surface area (Å²) in [5.41, 5.74) is 1.93. The summed E-state index contributed by atoms with van der Waals surface area (Å²) in [6.07, 6.45) is 1.47. The summed E-state index contributed by atoms with van der Waals surface area (Å²) in [6.45, 7) is 0.207. The molecule has 0 saturated heterocycles. The molecule has 6 heteroatoms. The number of hydrogen-bond acceptors (Lipinski definition) is 4. The Kier molecular flexibility index (Phi) is 3.49. The van der Waals surface area contributed by atoms with Crippen molar-refractivity contribution < 1.29 is 14.7 Å². The molecule has 2 amide bonds. The maximum Gasteiger partial charge on any atom is 0.261 e. The summed E-state index contributed by atoms with van der Waals surface area (Å²) < 4.78 is 1.09. The highest BCUT2D eigenvalue weighted by Gasteiger charge is 2.33. The second kappa shape index (κ2) is 5.55. The number of hydrogen-bond donors (Lipinski definition) is 1. The number of carbonyl (C=O) groups is 2. The van der Waals surface area contributed by atoms with Gasteiger partial charge < -0.3 is 5.11 Å². The van der Waals surface area contributed by atoms with Gasteiger partial charge in [0.25, 0.3) is 11.8 Å². The highest BCUT2D eigenvalue weighted by atomic mass is 127. The van der Waals surface area contributed by atoms with Gasteiger partial charge >= 0.3 is 0 Å². The van der Waals surface area contributed by atoms with E-state index in [4.69, 9.17) is 0 Å².